The number of rotatable bonds is 2. The second-order valence-corrected chi connectivity index (χ2v) is 3.19. The molecule has 2 nitrogen and oxygen atoms in total. The van der Waals surface area contributed by atoms with Gasteiger partial charge in [0.2, 0.25) is 0 Å². The summed E-state index contributed by atoms with van der Waals surface area (Å²) >= 11 is 0. The predicted molar refractivity (Wildman–Crippen MR) is 49.2 cm³/mol. The molecule has 0 fully saturated rings. The SMILES string of the molecule is Cc1cccc(C)c1CN(C)O. The lowest BCUT2D eigenvalue weighted by atomic mass is 10.0. The molecule has 1 rings (SSSR count). The summed E-state index contributed by atoms with van der Waals surface area (Å²) in [6, 6.07) is 6.16. The van der Waals surface area contributed by atoms with Crippen molar-refractivity contribution in [3.05, 3.63) is 34.9 Å². The fourth-order valence-corrected chi connectivity index (χ4v) is 1.33. The molecule has 0 bridgehead atoms. The van der Waals surface area contributed by atoms with Gasteiger partial charge in [-0.1, -0.05) is 18.2 Å². The van der Waals surface area contributed by atoms with Crippen molar-refractivity contribution in [2.45, 2.75) is 20.4 Å². The van der Waals surface area contributed by atoms with E-state index in [-0.39, 0.29) is 0 Å². The number of benzene rings is 1. The molecule has 0 aromatic heterocycles. The van der Waals surface area contributed by atoms with Gasteiger partial charge in [0.25, 0.3) is 0 Å². The molecular formula is C10H15NO. The van der Waals surface area contributed by atoms with E-state index in [1.807, 2.05) is 6.07 Å². The molecule has 0 unspecified atom stereocenters. The van der Waals surface area contributed by atoms with Crippen molar-refractivity contribution in [1.29, 1.82) is 0 Å². The lowest BCUT2D eigenvalue weighted by Gasteiger charge is -2.13. The molecule has 0 aliphatic carbocycles. The number of hydrogen-bond acceptors (Lipinski definition) is 2. The van der Waals surface area contributed by atoms with Crippen molar-refractivity contribution < 1.29 is 5.21 Å². The van der Waals surface area contributed by atoms with Gasteiger partial charge in [0.1, 0.15) is 0 Å². The number of hydrogen-bond donors (Lipinski definition) is 1. The highest BCUT2D eigenvalue weighted by Gasteiger charge is 2.02. The van der Waals surface area contributed by atoms with Crippen LogP contribution in [0.25, 0.3) is 0 Å². The van der Waals surface area contributed by atoms with E-state index in [1.54, 1.807) is 7.05 Å². The minimum Gasteiger partial charge on any atom is -0.314 e. The molecule has 1 aromatic carbocycles. The Kier molecular flexibility index (Phi) is 2.84. The third-order valence-corrected chi connectivity index (χ3v) is 2.03. The fourth-order valence-electron chi connectivity index (χ4n) is 1.33. The summed E-state index contributed by atoms with van der Waals surface area (Å²) in [7, 11) is 1.66. The zero-order chi connectivity index (χ0) is 9.14. The molecule has 1 N–H and O–H groups in total. The second kappa shape index (κ2) is 3.70. The molecule has 0 amide bonds. The smallest absolute Gasteiger partial charge is 0.0490 e. The summed E-state index contributed by atoms with van der Waals surface area (Å²) in [5, 5.41) is 10.3. The maximum Gasteiger partial charge on any atom is 0.0490 e. The highest BCUT2D eigenvalue weighted by molar-refractivity contribution is 5.33. The van der Waals surface area contributed by atoms with Crippen LogP contribution in [0, 0.1) is 13.8 Å². The van der Waals surface area contributed by atoms with Gasteiger partial charge in [0.05, 0.1) is 0 Å². The molecule has 2 heteroatoms. The lowest BCUT2D eigenvalue weighted by Crippen LogP contribution is -2.13. The van der Waals surface area contributed by atoms with Crippen LogP contribution in [0.4, 0.5) is 0 Å². The van der Waals surface area contributed by atoms with E-state index < -0.39 is 0 Å². The van der Waals surface area contributed by atoms with Gasteiger partial charge in [-0.2, -0.15) is 5.06 Å². The Morgan fingerprint density at radius 3 is 2.17 bits per heavy atom. The van der Waals surface area contributed by atoms with Gasteiger partial charge in [-0.25, -0.2) is 0 Å². The van der Waals surface area contributed by atoms with Gasteiger partial charge in [-0.05, 0) is 30.5 Å². The zero-order valence-electron chi connectivity index (χ0n) is 7.83. The van der Waals surface area contributed by atoms with Gasteiger partial charge in [-0.3, -0.25) is 0 Å². The maximum absolute atomic E-state index is 9.09. The predicted octanol–water partition coefficient (Wildman–Crippen LogP) is 2.12. The molecule has 0 saturated carbocycles. The van der Waals surface area contributed by atoms with Gasteiger partial charge in [0.15, 0.2) is 0 Å². The average Bonchev–Trinajstić information content (AvgIpc) is 1.97. The molecule has 66 valence electrons. The molecule has 1 aromatic rings. The Morgan fingerprint density at radius 1 is 1.25 bits per heavy atom. The standard InChI is InChI=1S/C10H15NO/c1-8-5-4-6-9(2)10(8)7-11(3)12/h4-6,12H,7H2,1-3H3. The Morgan fingerprint density at radius 2 is 1.75 bits per heavy atom. The Bertz CT molecular complexity index is 248. The van der Waals surface area contributed by atoms with Crippen LogP contribution in [-0.2, 0) is 6.54 Å². The first kappa shape index (κ1) is 9.23. The van der Waals surface area contributed by atoms with E-state index >= 15 is 0 Å². The van der Waals surface area contributed by atoms with E-state index in [1.165, 1.54) is 21.8 Å². The monoisotopic (exact) mass is 165 g/mol. The van der Waals surface area contributed by atoms with Gasteiger partial charge in [0, 0.05) is 13.6 Å². The number of nitrogens with zero attached hydrogens (tertiary/aromatic N) is 1. The van der Waals surface area contributed by atoms with E-state index in [4.69, 9.17) is 5.21 Å². The second-order valence-electron chi connectivity index (χ2n) is 3.19. The van der Waals surface area contributed by atoms with Crippen LogP contribution in [0.1, 0.15) is 16.7 Å². The van der Waals surface area contributed by atoms with E-state index in [0.717, 1.165) is 0 Å². The topological polar surface area (TPSA) is 23.5 Å². The van der Waals surface area contributed by atoms with Crippen molar-refractivity contribution in [2.24, 2.45) is 0 Å². The third kappa shape index (κ3) is 2.06. The largest absolute Gasteiger partial charge is 0.314 e. The molecular weight excluding hydrogens is 150 g/mol. The molecule has 0 saturated heterocycles. The Labute approximate surface area is 73.4 Å². The van der Waals surface area contributed by atoms with Crippen molar-refractivity contribution in [3.63, 3.8) is 0 Å². The van der Waals surface area contributed by atoms with Crippen molar-refractivity contribution in [3.8, 4) is 0 Å². The quantitative estimate of drug-likeness (QED) is 0.678. The van der Waals surface area contributed by atoms with Crippen LogP contribution in [-0.4, -0.2) is 17.3 Å². The summed E-state index contributed by atoms with van der Waals surface area (Å²) < 4.78 is 0. The highest BCUT2D eigenvalue weighted by atomic mass is 16.5. The molecule has 0 spiro atoms. The van der Waals surface area contributed by atoms with Crippen LogP contribution >= 0.6 is 0 Å². The van der Waals surface area contributed by atoms with Crippen LogP contribution in [0.3, 0.4) is 0 Å². The molecule has 0 atom stereocenters. The maximum atomic E-state index is 9.09. The summed E-state index contributed by atoms with van der Waals surface area (Å²) in [5.74, 6) is 0. The fraction of sp³-hybridized carbons (Fsp3) is 0.400. The van der Waals surface area contributed by atoms with Gasteiger partial charge in [-0.15, -0.1) is 0 Å². The van der Waals surface area contributed by atoms with E-state index in [9.17, 15) is 0 Å². The summed E-state index contributed by atoms with van der Waals surface area (Å²) in [6.45, 7) is 4.72. The first-order chi connectivity index (χ1) is 5.61. The van der Waals surface area contributed by atoms with Crippen molar-refractivity contribution in [1.82, 2.24) is 5.06 Å². The van der Waals surface area contributed by atoms with Crippen molar-refractivity contribution >= 4 is 0 Å². The van der Waals surface area contributed by atoms with Crippen molar-refractivity contribution in [2.75, 3.05) is 7.05 Å². The van der Waals surface area contributed by atoms with Crippen LogP contribution in [0.15, 0.2) is 18.2 Å². The minimum absolute atomic E-state index is 0.596. The molecule has 0 aliphatic heterocycles. The first-order valence-corrected chi connectivity index (χ1v) is 4.06. The number of hydroxylamine groups is 2. The third-order valence-electron chi connectivity index (χ3n) is 2.03. The molecule has 0 radical (unpaired) electrons. The minimum atomic E-state index is 0.596. The summed E-state index contributed by atoms with van der Waals surface area (Å²) in [5.41, 5.74) is 3.68. The van der Waals surface area contributed by atoms with E-state index in [0.29, 0.717) is 6.54 Å². The normalized spacial score (nSPS) is 10.8. The summed E-state index contributed by atoms with van der Waals surface area (Å²) in [6.07, 6.45) is 0. The van der Waals surface area contributed by atoms with Gasteiger partial charge >= 0.3 is 0 Å². The Balaban J connectivity index is 2.96. The zero-order valence-corrected chi connectivity index (χ0v) is 7.83. The average molecular weight is 165 g/mol. The first-order valence-electron chi connectivity index (χ1n) is 4.06. The van der Waals surface area contributed by atoms with Crippen LogP contribution < -0.4 is 0 Å². The molecule has 12 heavy (non-hydrogen) atoms. The lowest BCUT2D eigenvalue weighted by molar-refractivity contribution is -0.0734. The highest BCUT2D eigenvalue weighted by Crippen LogP contribution is 2.13. The Hall–Kier alpha value is -0.860. The van der Waals surface area contributed by atoms with Gasteiger partial charge < -0.3 is 5.21 Å². The van der Waals surface area contributed by atoms with E-state index in [2.05, 4.69) is 26.0 Å². The molecule has 0 heterocycles. The van der Waals surface area contributed by atoms with Crippen LogP contribution in [0.5, 0.6) is 0 Å². The van der Waals surface area contributed by atoms with Crippen LogP contribution in [0.2, 0.25) is 0 Å². The molecule has 0 aliphatic rings. The number of aryl methyl sites for hydroxylation is 2. The summed E-state index contributed by atoms with van der Waals surface area (Å²) in [4.78, 5) is 0.